The highest BCUT2D eigenvalue weighted by atomic mass is 127. The van der Waals surface area contributed by atoms with Crippen LogP contribution in [0.4, 0.5) is 5.69 Å². The molecule has 24 heavy (non-hydrogen) atoms. The summed E-state index contributed by atoms with van der Waals surface area (Å²) in [5, 5.41) is 6.19. The number of nitrogens with one attached hydrogen (secondary N) is 2. The Morgan fingerprint density at radius 1 is 1.33 bits per heavy atom. The zero-order chi connectivity index (χ0) is 16.5. The normalized spacial score (nSPS) is 13.8. The SMILES string of the molecule is CCOCCNC(=NC)NCC(=O)N1CCCc2ccccc21.I. The molecule has 0 aromatic heterocycles. The molecule has 0 bridgehead atoms. The van der Waals surface area contributed by atoms with Crippen LogP contribution in [0.2, 0.25) is 0 Å². The van der Waals surface area contributed by atoms with E-state index >= 15 is 0 Å². The minimum Gasteiger partial charge on any atom is -0.380 e. The second-order valence-electron chi connectivity index (χ2n) is 5.33. The van der Waals surface area contributed by atoms with Gasteiger partial charge < -0.3 is 20.3 Å². The van der Waals surface area contributed by atoms with E-state index in [4.69, 9.17) is 4.74 Å². The Morgan fingerprint density at radius 3 is 2.88 bits per heavy atom. The molecule has 134 valence electrons. The van der Waals surface area contributed by atoms with Crippen LogP contribution in [0, 0.1) is 0 Å². The first kappa shape index (κ1) is 20.7. The van der Waals surface area contributed by atoms with E-state index in [0.717, 1.165) is 25.1 Å². The van der Waals surface area contributed by atoms with Crippen molar-refractivity contribution in [2.24, 2.45) is 4.99 Å². The fourth-order valence-corrected chi connectivity index (χ4v) is 2.65. The molecule has 2 rings (SSSR count). The van der Waals surface area contributed by atoms with E-state index in [0.29, 0.717) is 25.7 Å². The Kier molecular flexibility index (Phi) is 9.70. The number of aryl methyl sites for hydroxylation is 1. The molecule has 0 fully saturated rings. The van der Waals surface area contributed by atoms with Crippen LogP contribution in [-0.4, -0.2) is 51.8 Å². The monoisotopic (exact) mass is 446 g/mol. The lowest BCUT2D eigenvalue weighted by Gasteiger charge is -2.29. The molecule has 0 atom stereocenters. The van der Waals surface area contributed by atoms with Gasteiger partial charge in [0, 0.05) is 32.4 Å². The summed E-state index contributed by atoms with van der Waals surface area (Å²) in [6, 6.07) is 8.11. The lowest BCUT2D eigenvalue weighted by molar-refractivity contribution is -0.117. The fourth-order valence-electron chi connectivity index (χ4n) is 2.65. The summed E-state index contributed by atoms with van der Waals surface area (Å²) in [7, 11) is 1.69. The van der Waals surface area contributed by atoms with Crippen molar-refractivity contribution in [3.63, 3.8) is 0 Å². The van der Waals surface area contributed by atoms with Crippen LogP contribution in [0.3, 0.4) is 0 Å². The van der Waals surface area contributed by atoms with Crippen LogP contribution in [0.5, 0.6) is 0 Å². The van der Waals surface area contributed by atoms with E-state index in [-0.39, 0.29) is 36.4 Å². The van der Waals surface area contributed by atoms with Gasteiger partial charge in [-0.15, -0.1) is 24.0 Å². The number of amides is 1. The topological polar surface area (TPSA) is 66.0 Å². The van der Waals surface area contributed by atoms with Gasteiger partial charge in [0.1, 0.15) is 0 Å². The number of rotatable bonds is 6. The quantitative estimate of drug-likeness (QED) is 0.303. The Balaban J connectivity index is 0.00000288. The highest BCUT2D eigenvalue weighted by molar-refractivity contribution is 14.0. The van der Waals surface area contributed by atoms with Crippen molar-refractivity contribution in [3.05, 3.63) is 29.8 Å². The predicted octanol–water partition coefficient (Wildman–Crippen LogP) is 1.79. The molecule has 6 nitrogen and oxygen atoms in total. The van der Waals surface area contributed by atoms with Gasteiger partial charge in [0.05, 0.1) is 13.2 Å². The third-order valence-electron chi connectivity index (χ3n) is 3.78. The molecule has 0 radical (unpaired) electrons. The first-order valence-electron chi connectivity index (χ1n) is 8.16. The highest BCUT2D eigenvalue weighted by Crippen LogP contribution is 2.26. The molecule has 0 saturated carbocycles. The molecule has 0 aliphatic carbocycles. The summed E-state index contributed by atoms with van der Waals surface area (Å²) in [5.41, 5.74) is 2.27. The maximum Gasteiger partial charge on any atom is 0.246 e. The van der Waals surface area contributed by atoms with E-state index in [1.54, 1.807) is 7.05 Å². The van der Waals surface area contributed by atoms with Gasteiger partial charge in [-0.1, -0.05) is 18.2 Å². The number of fused-ring (bicyclic) bond motifs is 1. The second kappa shape index (κ2) is 11.2. The molecular formula is C17H27IN4O2. The van der Waals surface area contributed by atoms with Crippen molar-refractivity contribution < 1.29 is 9.53 Å². The predicted molar refractivity (Wildman–Crippen MR) is 108 cm³/mol. The van der Waals surface area contributed by atoms with Crippen molar-refractivity contribution in [1.29, 1.82) is 0 Å². The molecule has 1 aliphatic heterocycles. The average Bonchev–Trinajstić information content (AvgIpc) is 2.60. The number of anilines is 1. The van der Waals surface area contributed by atoms with Crippen molar-refractivity contribution in [2.75, 3.05) is 44.8 Å². The molecule has 0 unspecified atom stereocenters. The van der Waals surface area contributed by atoms with Gasteiger partial charge in [-0.2, -0.15) is 0 Å². The number of nitrogens with zero attached hydrogens (tertiary/aromatic N) is 2. The number of halogens is 1. The maximum atomic E-state index is 12.5. The van der Waals surface area contributed by atoms with Crippen LogP contribution in [0.1, 0.15) is 18.9 Å². The van der Waals surface area contributed by atoms with Crippen LogP contribution >= 0.6 is 24.0 Å². The Bertz CT molecular complexity index is 551. The molecule has 1 aromatic rings. The van der Waals surface area contributed by atoms with Crippen LogP contribution in [-0.2, 0) is 16.0 Å². The van der Waals surface area contributed by atoms with E-state index in [1.807, 2.05) is 30.0 Å². The molecule has 2 N–H and O–H groups in total. The zero-order valence-corrected chi connectivity index (χ0v) is 16.7. The molecular weight excluding hydrogens is 419 g/mol. The van der Waals surface area contributed by atoms with Crippen LogP contribution in [0.25, 0.3) is 0 Å². The van der Waals surface area contributed by atoms with Gasteiger partial charge in [0.2, 0.25) is 5.91 Å². The summed E-state index contributed by atoms with van der Waals surface area (Å²) in [6.07, 6.45) is 2.04. The zero-order valence-electron chi connectivity index (χ0n) is 14.4. The number of ether oxygens (including phenoxy) is 1. The maximum absolute atomic E-state index is 12.5. The van der Waals surface area contributed by atoms with Crippen LogP contribution in [0.15, 0.2) is 29.3 Å². The first-order chi connectivity index (χ1) is 11.3. The van der Waals surface area contributed by atoms with Crippen molar-refractivity contribution >= 4 is 41.5 Å². The fraction of sp³-hybridized carbons (Fsp3) is 0.529. The molecule has 1 aromatic carbocycles. The summed E-state index contributed by atoms with van der Waals surface area (Å²) in [6.45, 7) is 4.93. The van der Waals surface area contributed by atoms with Gasteiger partial charge in [-0.05, 0) is 31.4 Å². The van der Waals surface area contributed by atoms with E-state index in [1.165, 1.54) is 5.56 Å². The van der Waals surface area contributed by atoms with Crippen molar-refractivity contribution in [3.8, 4) is 0 Å². The third kappa shape index (κ3) is 5.94. The number of para-hydroxylation sites is 1. The summed E-state index contributed by atoms with van der Waals surface area (Å²) in [5.74, 6) is 0.674. The number of benzene rings is 1. The second-order valence-corrected chi connectivity index (χ2v) is 5.33. The molecule has 1 aliphatic rings. The number of carbonyl (C=O) groups excluding carboxylic acids is 1. The number of carbonyl (C=O) groups is 1. The van der Waals surface area contributed by atoms with Gasteiger partial charge in [0.15, 0.2) is 5.96 Å². The van der Waals surface area contributed by atoms with Crippen molar-refractivity contribution in [2.45, 2.75) is 19.8 Å². The Labute approximate surface area is 161 Å². The number of hydrogen-bond acceptors (Lipinski definition) is 3. The van der Waals surface area contributed by atoms with Gasteiger partial charge in [-0.3, -0.25) is 9.79 Å². The highest BCUT2D eigenvalue weighted by Gasteiger charge is 2.21. The van der Waals surface area contributed by atoms with Gasteiger partial charge in [-0.25, -0.2) is 0 Å². The summed E-state index contributed by atoms with van der Waals surface area (Å²) < 4.78 is 5.27. The van der Waals surface area contributed by atoms with Gasteiger partial charge in [0.25, 0.3) is 0 Å². The van der Waals surface area contributed by atoms with Gasteiger partial charge >= 0.3 is 0 Å². The first-order valence-corrected chi connectivity index (χ1v) is 8.16. The standard InChI is InChI=1S/C17H26N4O2.HI/c1-3-23-12-10-19-17(18-2)20-13-16(22)21-11-6-8-14-7-4-5-9-15(14)21;/h4-5,7,9H,3,6,8,10-13H2,1-2H3,(H2,18,19,20);1H. The Hall–Kier alpha value is -1.35. The lowest BCUT2D eigenvalue weighted by atomic mass is 10.0. The molecule has 0 saturated heterocycles. The largest absolute Gasteiger partial charge is 0.380 e. The third-order valence-corrected chi connectivity index (χ3v) is 3.78. The number of aliphatic imine (C=N–C) groups is 1. The smallest absolute Gasteiger partial charge is 0.246 e. The number of hydrogen-bond donors (Lipinski definition) is 2. The lowest BCUT2D eigenvalue weighted by Crippen LogP contribution is -2.46. The summed E-state index contributed by atoms with van der Waals surface area (Å²) >= 11 is 0. The minimum atomic E-state index is 0. The Morgan fingerprint density at radius 2 is 2.12 bits per heavy atom. The molecule has 0 spiro atoms. The van der Waals surface area contributed by atoms with Crippen LogP contribution < -0.4 is 15.5 Å². The molecule has 1 heterocycles. The van der Waals surface area contributed by atoms with E-state index in [2.05, 4.69) is 21.7 Å². The van der Waals surface area contributed by atoms with E-state index < -0.39 is 0 Å². The average molecular weight is 446 g/mol. The number of guanidine groups is 1. The summed E-state index contributed by atoms with van der Waals surface area (Å²) in [4.78, 5) is 18.5. The minimum absolute atomic E-state index is 0. The van der Waals surface area contributed by atoms with Crippen molar-refractivity contribution in [1.82, 2.24) is 10.6 Å². The molecule has 7 heteroatoms. The van der Waals surface area contributed by atoms with E-state index in [9.17, 15) is 4.79 Å². The molecule has 1 amide bonds.